The van der Waals surface area contributed by atoms with Crippen LogP contribution in [0.15, 0.2) is 18.3 Å². The van der Waals surface area contributed by atoms with Gasteiger partial charge in [-0.3, -0.25) is 0 Å². The highest BCUT2D eigenvalue weighted by atomic mass is 35.5. The summed E-state index contributed by atoms with van der Waals surface area (Å²) in [4.78, 5) is 4.35. The van der Waals surface area contributed by atoms with E-state index >= 15 is 0 Å². The smallest absolute Gasteiger partial charge is 0.174 e. The molecule has 2 aromatic rings. The molecule has 3 heterocycles. The largest absolute Gasteiger partial charge is 0.229 e. The van der Waals surface area contributed by atoms with Gasteiger partial charge in [0.1, 0.15) is 0 Å². The third kappa shape index (κ3) is 2.22. The number of rotatable bonds is 2. The Kier molecular flexibility index (Phi) is 2.79. The number of fused-ring (bicyclic) bond motifs is 1. The SMILES string of the molecule is O=S1(=O)CCC(Cc2nc3c(Cl)cccn3n2)C1. The van der Waals surface area contributed by atoms with Gasteiger partial charge in [0.2, 0.25) is 0 Å². The summed E-state index contributed by atoms with van der Waals surface area (Å²) in [6, 6.07) is 3.56. The number of pyridine rings is 1. The molecule has 0 saturated carbocycles. The van der Waals surface area contributed by atoms with Crippen molar-refractivity contribution in [2.75, 3.05) is 11.5 Å². The fourth-order valence-corrected chi connectivity index (χ4v) is 4.36. The highest BCUT2D eigenvalue weighted by Gasteiger charge is 2.28. The van der Waals surface area contributed by atoms with Crippen LogP contribution in [0.3, 0.4) is 0 Å². The van der Waals surface area contributed by atoms with Crippen molar-refractivity contribution in [2.24, 2.45) is 5.92 Å². The normalized spacial score (nSPS) is 22.6. The van der Waals surface area contributed by atoms with E-state index in [9.17, 15) is 8.42 Å². The maximum Gasteiger partial charge on any atom is 0.174 e. The lowest BCUT2D eigenvalue weighted by molar-refractivity contribution is 0.569. The quantitative estimate of drug-likeness (QED) is 0.836. The van der Waals surface area contributed by atoms with Crippen molar-refractivity contribution < 1.29 is 8.42 Å². The molecule has 96 valence electrons. The van der Waals surface area contributed by atoms with E-state index in [4.69, 9.17) is 11.6 Å². The van der Waals surface area contributed by atoms with Gasteiger partial charge in [-0.2, -0.15) is 5.10 Å². The Labute approximate surface area is 110 Å². The van der Waals surface area contributed by atoms with Crippen LogP contribution >= 0.6 is 11.6 Å². The molecule has 3 rings (SSSR count). The Morgan fingerprint density at radius 1 is 1.50 bits per heavy atom. The van der Waals surface area contributed by atoms with Crippen molar-refractivity contribution in [1.29, 1.82) is 0 Å². The van der Waals surface area contributed by atoms with E-state index in [1.165, 1.54) is 0 Å². The molecule has 18 heavy (non-hydrogen) atoms. The lowest BCUT2D eigenvalue weighted by Crippen LogP contribution is -2.08. The van der Waals surface area contributed by atoms with Gasteiger partial charge in [-0.1, -0.05) is 11.6 Å². The first-order valence-corrected chi connectivity index (χ1v) is 7.94. The predicted octanol–water partition coefficient (Wildman–Crippen LogP) is 1.36. The Hall–Kier alpha value is -1.14. The van der Waals surface area contributed by atoms with Crippen LogP contribution in [0.2, 0.25) is 5.02 Å². The van der Waals surface area contributed by atoms with Crippen LogP contribution < -0.4 is 0 Å². The van der Waals surface area contributed by atoms with Crippen molar-refractivity contribution in [2.45, 2.75) is 12.8 Å². The number of nitrogens with zero attached hydrogens (tertiary/aromatic N) is 3. The summed E-state index contributed by atoms with van der Waals surface area (Å²) in [6.07, 6.45) is 3.08. The molecule has 0 spiro atoms. The number of halogens is 1. The molecule has 0 N–H and O–H groups in total. The molecule has 0 aromatic carbocycles. The van der Waals surface area contributed by atoms with Gasteiger partial charge in [0, 0.05) is 12.6 Å². The third-order valence-corrected chi connectivity index (χ3v) is 5.29. The molecule has 0 amide bonds. The summed E-state index contributed by atoms with van der Waals surface area (Å²) in [5.74, 6) is 1.32. The zero-order valence-electron chi connectivity index (χ0n) is 9.58. The van der Waals surface area contributed by atoms with Crippen LogP contribution in [-0.4, -0.2) is 34.5 Å². The van der Waals surface area contributed by atoms with Crippen molar-refractivity contribution >= 4 is 27.1 Å². The summed E-state index contributed by atoms with van der Waals surface area (Å²) in [5, 5.41) is 4.86. The van der Waals surface area contributed by atoms with E-state index < -0.39 is 9.84 Å². The Bertz CT molecular complexity index is 695. The van der Waals surface area contributed by atoms with E-state index in [0.29, 0.717) is 29.3 Å². The molecule has 5 nitrogen and oxygen atoms in total. The summed E-state index contributed by atoms with van der Waals surface area (Å²) >= 11 is 6.01. The Morgan fingerprint density at radius 2 is 2.33 bits per heavy atom. The first-order chi connectivity index (χ1) is 8.53. The summed E-state index contributed by atoms with van der Waals surface area (Å²) in [7, 11) is -2.84. The van der Waals surface area contributed by atoms with Gasteiger partial charge in [0.25, 0.3) is 0 Å². The van der Waals surface area contributed by atoms with Crippen molar-refractivity contribution in [1.82, 2.24) is 14.6 Å². The predicted molar refractivity (Wildman–Crippen MR) is 68.5 cm³/mol. The van der Waals surface area contributed by atoms with E-state index in [-0.39, 0.29) is 17.4 Å². The molecule has 2 aromatic heterocycles. The molecule has 0 aliphatic carbocycles. The molecule has 1 saturated heterocycles. The minimum absolute atomic E-state index is 0.131. The maximum absolute atomic E-state index is 11.4. The molecule has 0 bridgehead atoms. The molecule has 0 radical (unpaired) electrons. The first kappa shape index (κ1) is 11.9. The lowest BCUT2D eigenvalue weighted by atomic mass is 10.1. The second kappa shape index (κ2) is 4.20. The van der Waals surface area contributed by atoms with Gasteiger partial charge < -0.3 is 0 Å². The molecular weight excluding hydrogens is 274 g/mol. The second-order valence-electron chi connectivity index (χ2n) is 4.63. The van der Waals surface area contributed by atoms with Gasteiger partial charge in [0.15, 0.2) is 21.3 Å². The van der Waals surface area contributed by atoms with Crippen LogP contribution in [-0.2, 0) is 16.3 Å². The van der Waals surface area contributed by atoms with Gasteiger partial charge >= 0.3 is 0 Å². The molecule has 1 fully saturated rings. The average molecular weight is 286 g/mol. The monoisotopic (exact) mass is 285 g/mol. The summed E-state index contributed by atoms with van der Waals surface area (Å²) < 4.78 is 24.4. The Balaban J connectivity index is 1.86. The van der Waals surface area contributed by atoms with Crippen LogP contribution in [0, 0.1) is 5.92 Å². The van der Waals surface area contributed by atoms with Crippen molar-refractivity contribution in [3.8, 4) is 0 Å². The lowest BCUT2D eigenvalue weighted by Gasteiger charge is -2.01. The Morgan fingerprint density at radius 3 is 3.00 bits per heavy atom. The molecular formula is C11H12ClN3O2S. The number of aromatic nitrogens is 3. The molecule has 7 heteroatoms. The minimum Gasteiger partial charge on any atom is -0.229 e. The van der Waals surface area contributed by atoms with Crippen molar-refractivity contribution in [3.63, 3.8) is 0 Å². The standard InChI is InChI=1S/C11H12ClN3O2S/c12-9-2-1-4-15-11(9)13-10(14-15)6-8-3-5-18(16,17)7-8/h1-2,4,8H,3,5-7H2. The third-order valence-electron chi connectivity index (χ3n) is 3.16. The first-order valence-electron chi connectivity index (χ1n) is 5.74. The second-order valence-corrected chi connectivity index (χ2v) is 7.26. The van der Waals surface area contributed by atoms with Crippen LogP contribution in [0.5, 0.6) is 0 Å². The van der Waals surface area contributed by atoms with Crippen molar-refractivity contribution in [3.05, 3.63) is 29.2 Å². The molecule has 1 aliphatic heterocycles. The molecule has 1 atom stereocenters. The fourth-order valence-electron chi connectivity index (χ4n) is 2.30. The highest BCUT2D eigenvalue weighted by Crippen LogP contribution is 2.22. The number of sulfone groups is 1. The average Bonchev–Trinajstić information content (AvgIpc) is 2.83. The number of hydrogen-bond acceptors (Lipinski definition) is 4. The van der Waals surface area contributed by atoms with E-state index in [2.05, 4.69) is 10.1 Å². The fraction of sp³-hybridized carbons (Fsp3) is 0.455. The zero-order chi connectivity index (χ0) is 12.8. The van der Waals surface area contributed by atoms with E-state index in [0.717, 1.165) is 0 Å². The van der Waals surface area contributed by atoms with Gasteiger partial charge in [-0.05, 0) is 24.5 Å². The summed E-state index contributed by atoms with van der Waals surface area (Å²) in [5.41, 5.74) is 0.620. The molecule has 1 aliphatic rings. The summed E-state index contributed by atoms with van der Waals surface area (Å²) in [6.45, 7) is 0. The zero-order valence-corrected chi connectivity index (χ0v) is 11.2. The molecule has 1 unspecified atom stereocenters. The maximum atomic E-state index is 11.4. The van der Waals surface area contributed by atoms with Crippen LogP contribution in [0.1, 0.15) is 12.2 Å². The highest BCUT2D eigenvalue weighted by molar-refractivity contribution is 7.91. The van der Waals surface area contributed by atoms with Crippen LogP contribution in [0.25, 0.3) is 5.65 Å². The van der Waals surface area contributed by atoms with Gasteiger partial charge in [-0.25, -0.2) is 17.9 Å². The number of hydrogen-bond donors (Lipinski definition) is 0. The van der Waals surface area contributed by atoms with Crippen LogP contribution in [0.4, 0.5) is 0 Å². The minimum atomic E-state index is -2.84. The van der Waals surface area contributed by atoms with Gasteiger partial charge in [-0.15, -0.1) is 0 Å². The topological polar surface area (TPSA) is 64.3 Å². The van der Waals surface area contributed by atoms with E-state index in [1.807, 2.05) is 0 Å². The van der Waals surface area contributed by atoms with E-state index in [1.54, 1.807) is 22.8 Å². The van der Waals surface area contributed by atoms with Gasteiger partial charge in [0.05, 0.1) is 16.5 Å².